The molecule has 1 aromatic carbocycles. The van der Waals surface area contributed by atoms with Crippen molar-refractivity contribution in [1.29, 1.82) is 0 Å². The molecule has 1 amide bonds. The Bertz CT molecular complexity index is 440. The van der Waals surface area contributed by atoms with Crippen LogP contribution in [0.5, 0.6) is 5.75 Å². The average molecular weight is 264 g/mol. The number of nitrogens with two attached hydrogens (primary N) is 1. The fourth-order valence-corrected chi connectivity index (χ4v) is 2.39. The molecule has 104 valence electrons. The smallest absolute Gasteiger partial charge is 0.243 e. The minimum Gasteiger partial charge on any atom is -0.495 e. The summed E-state index contributed by atoms with van der Waals surface area (Å²) in [7, 11) is 1.60. The number of primary amides is 1. The average Bonchev–Trinajstić information content (AvgIpc) is 2.66. The van der Waals surface area contributed by atoms with Gasteiger partial charge in [-0.3, -0.25) is 4.79 Å². The first kappa shape index (κ1) is 13.7. The molecule has 1 aliphatic rings. The zero-order valence-electron chi connectivity index (χ0n) is 11.1. The predicted octanol–water partition coefficient (Wildman–Crippen LogP) is 1.53. The van der Waals surface area contributed by atoms with Crippen LogP contribution < -0.4 is 15.8 Å². The molecule has 19 heavy (non-hydrogen) atoms. The Kier molecular flexibility index (Phi) is 4.27. The molecule has 5 heteroatoms. The molecule has 2 rings (SSSR count). The number of para-hydroxylation sites is 2. The van der Waals surface area contributed by atoms with E-state index in [4.69, 9.17) is 15.2 Å². The zero-order valence-corrected chi connectivity index (χ0v) is 11.1. The van der Waals surface area contributed by atoms with E-state index in [9.17, 15) is 4.79 Å². The normalized spacial score (nSPS) is 23.4. The lowest BCUT2D eigenvalue weighted by molar-refractivity contribution is -0.122. The summed E-state index contributed by atoms with van der Waals surface area (Å²) < 4.78 is 10.7. The molecule has 1 fully saturated rings. The van der Waals surface area contributed by atoms with Crippen LogP contribution in [-0.4, -0.2) is 31.8 Å². The summed E-state index contributed by atoms with van der Waals surface area (Å²) >= 11 is 0. The Balaban J connectivity index is 2.27. The summed E-state index contributed by atoms with van der Waals surface area (Å²) in [4.78, 5) is 11.9. The van der Waals surface area contributed by atoms with Gasteiger partial charge in [0.05, 0.1) is 12.8 Å². The van der Waals surface area contributed by atoms with Crippen LogP contribution in [0.15, 0.2) is 24.3 Å². The molecule has 0 bridgehead atoms. The molecule has 0 aromatic heterocycles. The quantitative estimate of drug-likeness (QED) is 0.865. The van der Waals surface area contributed by atoms with Gasteiger partial charge in [0.15, 0.2) is 0 Å². The lowest BCUT2D eigenvalue weighted by atomic mass is 9.89. The Morgan fingerprint density at radius 2 is 2.16 bits per heavy atom. The highest BCUT2D eigenvalue weighted by Gasteiger charge is 2.37. The number of carbonyl (C=O) groups is 1. The number of hydrogen-bond acceptors (Lipinski definition) is 4. The van der Waals surface area contributed by atoms with Gasteiger partial charge in [0.1, 0.15) is 11.3 Å². The van der Waals surface area contributed by atoms with Crippen molar-refractivity contribution < 1.29 is 14.3 Å². The number of hydrogen-bond donors (Lipinski definition) is 2. The Labute approximate surface area is 113 Å². The van der Waals surface area contributed by atoms with Crippen molar-refractivity contribution in [2.45, 2.75) is 24.8 Å². The molecule has 0 saturated carbocycles. The van der Waals surface area contributed by atoms with E-state index >= 15 is 0 Å². The molecule has 1 unspecified atom stereocenters. The van der Waals surface area contributed by atoms with Gasteiger partial charge in [-0.2, -0.15) is 0 Å². The van der Waals surface area contributed by atoms with Crippen molar-refractivity contribution in [2.75, 3.05) is 25.6 Å². The van der Waals surface area contributed by atoms with Crippen molar-refractivity contribution in [1.82, 2.24) is 0 Å². The predicted molar refractivity (Wildman–Crippen MR) is 73.2 cm³/mol. The summed E-state index contributed by atoms with van der Waals surface area (Å²) in [6.07, 6.45) is 2.05. The van der Waals surface area contributed by atoms with Crippen LogP contribution in [0.3, 0.4) is 0 Å². The van der Waals surface area contributed by atoms with Crippen molar-refractivity contribution >= 4 is 11.6 Å². The topological polar surface area (TPSA) is 73.6 Å². The van der Waals surface area contributed by atoms with Gasteiger partial charge in [0, 0.05) is 19.6 Å². The highest BCUT2D eigenvalue weighted by atomic mass is 16.5. The highest BCUT2D eigenvalue weighted by molar-refractivity contribution is 5.88. The Morgan fingerprint density at radius 3 is 2.89 bits per heavy atom. The number of anilines is 1. The van der Waals surface area contributed by atoms with Crippen LogP contribution >= 0.6 is 0 Å². The lowest BCUT2D eigenvalue weighted by Gasteiger charge is -2.31. The van der Waals surface area contributed by atoms with Crippen molar-refractivity contribution in [2.24, 2.45) is 5.73 Å². The number of benzene rings is 1. The number of ether oxygens (including phenoxy) is 2. The maximum atomic E-state index is 11.9. The number of methoxy groups -OCH3 is 1. The summed E-state index contributed by atoms with van der Waals surface area (Å²) in [5, 5.41) is 3.27. The second-order valence-corrected chi connectivity index (χ2v) is 4.74. The molecular formula is C14H20N2O3. The van der Waals surface area contributed by atoms with Crippen LogP contribution in [0.1, 0.15) is 19.3 Å². The van der Waals surface area contributed by atoms with Gasteiger partial charge in [-0.05, 0) is 25.0 Å². The molecule has 1 aliphatic heterocycles. The van der Waals surface area contributed by atoms with Gasteiger partial charge in [-0.25, -0.2) is 0 Å². The Morgan fingerprint density at radius 1 is 1.37 bits per heavy atom. The largest absolute Gasteiger partial charge is 0.495 e. The maximum Gasteiger partial charge on any atom is 0.243 e. The van der Waals surface area contributed by atoms with E-state index in [1.54, 1.807) is 7.11 Å². The van der Waals surface area contributed by atoms with Gasteiger partial charge >= 0.3 is 0 Å². The molecule has 1 aromatic rings. The van der Waals surface area contributed by atoms with Crippen LogP contribution in [0.2, 0.25) is 0 Å². The highest BCUT2D eigenvalue weighted by Crippen LogP contribution is 2.31. The molecular weight excluding hydrogens is 244 g/mol. The Hall–Kier alpha value is -1.75. The van der Waals surface area contributed by atoms with Crippen molar-refractivity contribution in [3.05, 3.63) is 24.3 Å². The van der Waals surface area contributed by atoms with E-state index in [2.05, 4.69) is 5.32 Å². The van der Waals surface area contributed by atoms with E-state index < -0.39 is 5.54 Å². The van der Waals surface area contributed by atoms with Gasteiger partial charge in [-0.1, -0.05) is 12.1 Å². The van der Waals surface area contributed by atoms with E-state index in [0.717, 1.165) is 12.1 Å². The first-order chi connectivity index (χ1) is 9.18. The SMILES string of the molecule is COc1ccccc1NC1(C(N)=O)CCCOCC1. The molecule has 3 N–H and O–H groups in total. The molecule has 0 aliphatic carbocycles. The lowest BCUT2D eigenvalue weighted by Crippen LogP contribution is -2.50. The molecule has 5 nitrogen and oxygen atoms in total. The summed E-state index contributed by atoms with van der Waals surface area (Å²) in [6, 6.07) is 7.52. The monoisotopic (exact) mass is 264 g/mol. The first-order valence-corrected chi connectivity index (χ1v) is 6.47. The van der Waals surface area contributed by atoms with Gasteiger partial charge in [-0.15, -0.1) is 0 Å². The van der Waals surface area contributed by atoms with Crippen LogP contribution in [0, 0.1) is 0 Å². The fraction of sp³-hybridized carbons (Fsp3) is 0.500. The van der Waals surface area contributed by atoms with Crippen molar-refractivity contribution in [3.8, 4) is 5.75 Å². The fourth-order valence-electron chi connectivity index (χ4n) is 2.39. The molecule has 1 atom stereocenters. The standard InChI is InChI=1S/C14H20N2O3/c1-18-12-6-3-2-5-11(12)16-14(13(15)17)7-4-9-19-10-8-14/h2-3,5-6,16H,4,7-10H2,1H3,(H2,15,17). The third-order valence-corrected chi connectivity index (χ3v) is 3.52. The molecule has 1 saturated heterocycles. The zero-order chi connectivity index (χ0) is 13.7. The van der Waals surface area contributed by atoms with Gasteiger partial charge in [0.2, 0.25) is 5.91 Å². The second kappa shape index (κ2) is 5.93. The van der Waals surface area contributed by atoms with Crippen molar-refractivity contribution in [3.63, 3.8) is 0 Å². The second-order valence-electron chi connectivity index (χ2n) is 4.74. The summed E-state index contributed by atoms with van der Waals surface area (Å²) in [5.41, 5.74) is 5.64. The van der Waals surface area contributed by atoms with Gasteiger partial charge < -0.3 is 20.5 Å². The summed E-state index contributed by atoms with van der Waals surface area (Å²) in [5.74, 6) is 0.359. The first-order valence-electron chi connectivity index (χ1n) is 6.47. The van der Waals surface area contributed by atoms with E-state index in [1.165, 1.54) is 0 Å². The van der Waals surface area contributed by atoms with Gasteiger partial charge in [0.25, 0.3) is 0 Å². The van der Waals surface area contributed by atoms with Crippen LogP contribution in [-0.2, 0) is 9.53 Å². The minimum atomic E-state index is -0.759. The van der Waals surface area contributed by atoms with Crippen LogP contribution in [0.25, 0.3) is 0 Å². The number of amides is 1. The molecule has 0 radical (unpaired) electrons. The molecule has 0 spiro atoms. The van der Waals surface area contributed by atoms with E-state index in [-0.39, 0.29) is 5.91 Å². The number of rotatable bonds is 4. The minimum absolute atomic E-state index is 0.344. The summed E-state index contributed by atoms with van der Waals surface area (Å²) in [6.45, 7) is 1.20. The van der Waals surface area contributed by atoms with Crippen LogP contribution in [0.4, 0.5) is 5.69 Å². The third-order valence-electron chi connectivity index (χ3n) is 3.52. The number of carbonyl (C=O) groups excluding carboxylic acids is 1. The van der Waals surface area contributed by atoms with E-state index in [0.29, 0.717) is 31.8 Å². The molecule has 1 heterocycles. The third kappa shape index (κ3) is 2.98. The van der Waals surface area contributed by atoms with E-state index in [1.807, 2.05) is 24.3 Å². The number of nitrogens with one attached hydrogen (secondary N) is 1. The maximum absolute atomic E-state index is 11.9.